The van der Waals surface area contributed by atoms with E-state index in [1.165, 1.54) is 5.56 Å². The molecule has 2 aliphatic heterocycles. The maximum Gasteiger partial charge on any atom is 0.251 e. The van der Waals surface area contributed by atoms with Crippen LogP contribution in [0.1, 0.15) is 34.8 Å². The predicted octanol–water partition coefficient (Wildman–Crippen LogP) is 1.87. The summed E-state index contributed by atoms with van der Waals surface area (Å²) in [5.41, 5.74) is 3.08. The lowest BCUT2D eigenvalue weighted by molar-refractivity contribution is 0.0915. The van der Waals surface area contributed by atoms with E-state index < -0.39 is 0 Å². The van der Waals surface area contributed by atoms with Crippen molar-refractivity contribution < 1.29 is 9.53 Å². The molecule has 0 bridgehead atoms. The standard InChI is InChI=1S/C15H20N2O2.ClH/c1-10-4-5-16-7-14(10)17-15(18)11-2-3-12-8-19-9-13(12)6-11;/h2-3,6,10,14,16H,4-5,7-9H2,1H3,(H,17,18);1H. The Morgan fingerprint density at radius 1 is 1.35 bits per heavy atom. The van der Waals surface area contributed by atoms with E-state index in [1.807, 2.05) is 18.2 Å². The first-order valence-corrected chi connectivity index (χ1v) is 6.95. The number of halogens is 1. The van der Waals surface area contributed by atoms with Gasteiger partial charge in [-0.15, -0.1) is 12.4 Å². The van der Waals surface area contributed by atoms with Crippen molar-refractivity contribution >= 4 is 18.3 Å². The van der Waals surface area contributed by atoms with Gasteiger partial charge in [0.15, 0.2) is 0 Å². The highest BCUT2D eigenvalue weighted by molar-refractivity contribution is 5.94. The van der Waals surface area contributed by atoms with Crippen molar-refractivity contribution in [3.63, 3.8) is 0 Å². The van der Waals surface area contributed by atoms with Crippen LogP contribution in [-0.4, -0.2) is 25.0 Å². The van der Waals surface area contributed by atoms with Crippen molar-refractivity contribution in [3.05, 3.63) is 34.9 Å². The number of fused-ring (bicyclic) bond motifs is 1. The van der Waals surface area contributed by atoms with Gasteiger partial charge in [-0.1, -0.05) is 13.0 Å². The number of amides is 1. The summed E-state index contributed by atoms with van der Waals surface area (Å²) in [5.74, 6) is 0.554. The van der Waals surface area contributed by atoms with Crippen LogP contribution in [0, 0.1) is 5.92 Å². The smallest absolute Gasteiger partial charge is 0.251 e. The number of ether oxygens (including phenoxy) is 1. The average molecular weight is 297 g/mol. The van der Waals surface area contributed by atoms with Crippen LogP contribution < -0.4 is 10.6 Å². The van der Waals surface area contributed by atoms with Crippen LogP contribution >= 0.6 is 12.4 Å². The zero-order valence-electron chi connectivity index (χ0n) is 11.6. The Bertz CT molecular complexity index is 493. The molecule has 1 aromatic rings. The van der Waals surface area contributed by atoms with Gasteiger partial charge >= 0.3 is 0 Å². The summed E-state index contributed by atoms with van der Waals surface area (Å²) in [6, 6.07) is 6.08. The van der Waals surface area contributed by atoms with Crippen molar-refractivity contribution in [2.24, 2.45) is 5.92 Å². The Labute approximate surface area is 125 Å². The summed E-state index contributed by atoms with van der Waals surface area (Å²) in [6.45, 7) is 5.39. The van der Waals surface area contributed by atoms with E-state index in [9.17, 15) is 4.79 Å². The van der Waals surface area contributed by atoms with Crippen LogP contribution in [0.25, 0.3) is 0 Å². The third-order valence-electron chi connectivity index (χ3n) is 4.13. The Balaban J connectivity index is 0.00000147. The monoisotopic (exact) mass is 296 g/mol. The highest BCUT2D eigenvalue weighted by Gasteiger charge is 2.23. The largest absolute Gasteiger partial charge is 0.372 e. The quantitative estimate of drug-likeness (QED) is 0.876. The molecule has 2 N–H and O–H groups in total. The van der Waals surface area contributed by atoms with Gasteiger partial charge in [-0.3, -0.25) is 4.79 Å². The van der Waals surface area contributed by atoms with Gasteiger partial charge in [0, 0.05) is 18.2 Å². The predicted molar refractivity (Wildman–Crippen MR) is 80.1 cm³/mol. The highest BCUT2D eigenvalue weighted by Crippen LogP contribution is 2.21. The topological polar surface area (TPSA) is 50.4 Å². The van der Waals surface area contributed by atoms with Crippen molar-refractivity contribution in [1.29, 1.82) is 0 Å². The number of carbonyl (C=O) groups is 1. The molecule has 0 aliphatic carbocycles. The molecule has 0 radical (unpaired) electrons. The number of rotatable bonds is 2. The Kier molecular flexibility index (Phi) is 5.02. The molecule has 2 atom stereocenters. The fourth-order valence-electron chi connectivity index (χ4n) is 2.75. The Morgan fingerprint density at radius 3 is 2.95 bits per heavy atom. The van der Waals surface area contributed by atoms with Crippen molar-refractivity contribution in [3.8, 4) is 0 Å². The molecule has 1 aromatic carbocycles. The molecule has 110 valence electrons. The number of benzene rings is 1. The number of nitrogens with one attached hydrogen (secondary N) is 2. The molecule has 2 aliphatic rings. The second-order valence-corrected chi connectivity index (χ2v) is 5.53. The Hall–Kier alpha value is -1.10. The molecule has 20 heavy (non-hydrogen) atoms. The lowest BCUT2D eigenvalue weighted by Gasteiger charge is -2.30. The van der Waals surface area contributed by atoms with E-state index >= 15 is 0 Å². The minimum atomic E-state index is 0. The van der Waals surface area contributed by atoms with E-state index in [0.717, 1.165) is 30.6 Å². The summed E-state index contributed by atoms with van der Waals surface area (Å²) in [5, 5.41) is 6.46. The SMILES string of the molecule is CC1CCNCC1NC(=O)c1ccc2c(c1)COC2.Cl. The minimum absolute atomic E-state index is 0. The first kappa shape index (κ1) is 15.3. The van der Waals surface area contributed by atoms with Gasteiger partial charge in [-0.05, 0) is 42.1 Å². The average Bonchev–Trinajstić information content (AvgIpc) is 2.88. The second kappa shape index (κ2) is 6.57. The third-order valence-corrected chi connectivity index (χ3v) is 4.13. The van der Waals surface area contributed by atoms with Crippen LogP contribution in [0.3, 0.4) is 0 Å². The van der Waals surface area contributed by atoms with Crippen LogP contribution in [0.5, 0.6) is 0 Å². The molecule has 3 rings (SSSR count). The van der Waals surface area contributed by atoms with Crippen LogP contribution in [0.15, 0.2) is 18.2 Å². The summed E-state index contributed by atoms with van der Waals surface area (Å²) >= 11 is 0. The van der Waals surface area contributed by atoms with Gasteiger partial charge in [-0.25, -0.2) is 0 Å². The summed E-state index contributed by atoms with van der Waals surface area (Å²) in [7, 11) is 0. The normalized spacial score (nSPS) is 24.6. The summed E-state index contributed by atoms with van der Waals surface area (Å²) < 4.78 is 5.37. The van der Waals surface area contributed by atoms with E-state index in [4.69, 9.17) is 4.74 Å². The first-order chi connectivity index (χ1) is 9.24. The first-order valence-electron chi connectivity index (χ1n) is 6.95. The summed E-state index contributed by atoms with van der Waals surface area (Å²) in [6.07, 6.45) is 1.11. The fourth-order valence-corrected chi connectivity index (χ4v) is 2.75. The number of hydrogen-bond acceptors (Lipinski definition) is 3. The molecule has 2 heterocycles. The molecule has 0 aromatic heterocycles. The molecule has 2 unspecified atom stereocenters. The van der Waals surface area contributed by atoms with Crippen LogP contribution in [0.2, 0.25) is 0 Å². The number of hydrogen-bond donors (Lipinski definition) is 2. The van der Waals surface area contributed by atoms with Gasteiger partial charge in [0.05, 0.1) is 13.2 Å². The van der Waals surface area contributed by atoms with Crippen LogP contribution in [0.4, 0.5) is 0 Å². The molecule has 5 heteroatoms. The molecule has 0 saturated carbocycles. The van der Waals surface area contributed by atoms with Gasteiger partial charge in [0.25, 0.3) is 5.91 Å². The molecule has 1 fully saturated rings. The van der Waals surface area contributed by atoms with Gasteiger partial charge in [0.1, 0.15) is 0 Å². The molecule has 1 saturated heterocycles. The van der Waals surface area contributed by atoms with E-state index in [1.54, 1.807) is 0 Å². The third kappa shape index (κ3) is 3.14. The number of piperidine rings is 1. The van der Waals surface area contributed by atoms with Gasteiger partial charge in [-0.2, -0.15) is 0 Å². The maximum atomic E-state index is 12.3. The second-order valence-electron chi connectivity index (χ2n) is 5.53. The Morgan fingerprint density at radius 2 is 2.15 bits per heavy atom. The van der Waals surface area contributed by atoms with Crippen molar-refractivity contribution in [2.75, 3.05) is 13.1 Å². The fraction of sp³-hybridized carbons (Fsp3) is 0.533. The van der Waals surface area contributed by atoms with E-state index in [0.29, 0.717) is 19.1 Å². The molecular formula is C15H21ClN2O2. The van der Waals surface area contributed by atoms with Crippen LogP contribution in [-0.2, 0) is 18.0 Å². The van der Waals surface area contributed by atoms with Gasteiger partial charge in [0.2, 0.25) is 0 Å². The zero-order chi connectivity index (χ0) is 13.2. The highest BCUT2D eigenvalue weighted by atomic mass is 35.5. The molecule has 1 amide bonds. The van der Waals surface area contributed by atoms with E-state index in [-0.39, 0.29) is 24.4 Å². The number of carbonyl (C=O) groups excluding carboxylic acids is 1. The lowest BCUT2D eigenvalue weighted by Crippen LogP contribution is -2.50. The molecule has 4 nitrogen and oxygen atoms in total. The minimum Gasteiger partial charge on any atom is -0.372 e. The van der Waals surface area contributed by atoms with E-state index in [2.05, 4.69) is 17.6 Å². The lowest BCUT2D eigenvalue weighted by atomic mass is 9.94. The molecular weight excluding hydrogens is 276 g/mol. The zero-order valence-corrected chi connectivity index (χ0v) is 12.5. The van der Waals surface area contributed by atoms with Gasteiger partial charge < -0.3 is 15.4 Å². The molecule has 0 spiro atoms. The summed E-state index contributed by atoms with van der Waals surface area (Å²) in [4.78, 5) is 12.3. The van der Waals surface area contributed by atoms with Crippen molar-refractivity contribution in [2.45, 2.75) is 32.6 Å². The maximum absolute atomic E-state index is 12.3. The van der Waals surface area contributed by atoms with Crippen molar-refractivity contribution in [1.82, 2.24) is 10.6 Å².